The van der Waals surface area contributed by atoms with Crippen LogP contribution in [0, 0.1) is 0 Å². The zero-order valence-electron chi connectivity index (χ0n) is 14.4. The summed E-state index contributed by atoms with van der Waals surface area (Å²) in [6.07, 6.45) is 2.14. The van der Waals surface area contributed by atoms with Gasteiger partial charge in [0.25, 0.3) is 5.91 Å². The number of nitrogens with two attached hydrogens (primary N) is 1. The molecule has 2 atom stereocenters. The van der Waals surface area contributed by atoms with Gasteiger partial charge in [0.05, 0.1) is 12.6 Å². The number of hydrogen-bond donors (Lipinski definition) is 1. The van der Waals surface area contributed by atoms with Crippen LogP contribution in [0.15, 0.2) is 4.52 Å². The third-order valence-corrected chi connectivity index (χ3v) is 4.51. The fourth-order valence-corrected chi connectivity index (χ4v) is 3.09. The molecule has 0 radical (unpaired) electrons. The molecule has 2 fully saturated rings. The lowest BCUT2D eigenvalue weighted by Gasteiger charge is -2.35. The van der Waals surface area contributed by atoms with Crippen molar-refractivity contribution >= 4 is 30.7 Å². The first-order chi connectivity index (χ1) is 11.2. The van der Waals surface area contributed by atoms with Crippen molar-refractivity contribution in [3.63, 3.8) is 0 Å². The van der Waals surface area contributed by atoms with Crippen LogP contribution in [0.25, 0.3) is 0 Å². The highest BCUT2D eigenvalue weighted by Crippen LogP contribution is 2.21. The second-order valence-corrected chi connectivity index (χ2v) is 6.12. The Hall–Kier alpha value is -0.930. The first-order valence-electron chi connectivity index (χ1n) is 8.37. The number of aromatic nitrogens is 2. The summed E-state index contributed by atoms with van der Waals surface area (Å²) in [7, 11) is 0. The minimum atomic E-state index is -0.306. The molecule has 1 aromatic rings. The number of piperazine rings is 1. The second kappa shape index (κ2) is 10.3. The Bertz CT molecular complexity index is 537. The summed E-state index contributed by atoms with van der Waals surface area (Å²) in [5.41, 5.74) is 5.60. The fourth-order valence-electron chi connectivity index (χ4n) is 3.09. The van der Waals surface area contributed by atoms with Crippen molar-refractivity contribution in [2.75, 3.05) is 32.7 Å². The molecule has 25 heavy (non-hydrogen) atoms. The summed E-state index contributed by atoms with van der Waals surface area (Å²) in [5, 5.41) is 3.98. The lowest BCUT2D eigenvalue weighted by Crippen LogP contribution is -2.51. The number of ether oxygens (including phenoxy) is 1. The zero-order chi connectivity index (χ0) is 16.2. The number of carbonyl (C=O) groups excluding carboxylic acids is 1. The molecule has 2 saturated heterocycles. The van der Waals surface area contributed by atoms with Crippen LogP contribution in [0.3, 0.4) is 0 Å². The Labute approximate surface area is 160 Å². The average Bonchev–Trinajstić information content (AvgIpc) is 3.24. The largest absolute Gasteiger partial charge is 0.364 e. The second-order valence-electron chi connectivity index (χ2n) is 6.12. The highest BCUT2D eigenvalue weighted by atomic mass is 35.5. The van der Waals surface area contributed by atoms with Crippen LogP contribution in [-0.2, 0) is 22.5 Å². The van der Waals surface area contributed by atoms with Gasteiger partial charge in [0.2, 0.25) is 5.89 Å². The standard InChI is InChI=1S/C15H25N5O3.2ClH/c1-2-14-17-13(18-23-14)10-19-5-7-20(8-6-19)15(21)12-4-3-11(9-16)22-12;;/h11-12H,2-10,16H2,1H3;2*1H/t11-,12+;;/m1../s1. The molecule has 0 saturated carbocycles. The number of aryl methyl sites for hydroxylation is 1. The van der Waals surface area contributed by atoms with Crippen LogP contribution in [0.5, 0.6) is 0 Å². The van der Waals surface area contributed by atoms with E-state index in [1.54, 1.807) is 0 Å². The summed E-state index contributed by atoms with van der Waals surface area (Å²) in [5.74, 6) is 1.49. The summed E-state index contributed by atoms with van der Waals surface area (Å²) in [4.78, 5) is 20.9. The maximum Gasteiger partial charge on any atom is 0.251 e. The molecular formula is C15H27Cl2N5O3. The molecule has 2 aliphatic heterocycles. The van der Waals surface area contributed by atoms with Gasteiger partial charge < -0.3 is 19.9 Å². The third-order valence-electron chi connectivity index (χ3n) is 4.51. The van der Waals surface area contributed by atoms with E-state index in [4.69, 9.17) is 15.0 Å². The Balaban J connectivity index is 0.00000156. The Morgan fingerprint density at radius 2 is 1.96 bits per heavy atom. The third kappa shape index (κ3) is 5.52. The molecule has 8 nitrogen and oxygen atoms in total. The van der Waals surface area contributed by atoms with Crippen molar-refractivity contribution in [2.24, 2.45) is 5.73 Å². The molecule has 1 amide bonds. The molecule has 10 heteroatoms. The summed E-state index contributed by atoms with van der Waals surface area (Å²) in [6, 6.07) is 0. The molecular weight excluding hydrogens is 369 g/mol. The molecule has 2 N–H and O–H groups in total. The van der Waals surface area contributed by atoms with Crippen LogP contribution in [0.1, 0.15) is 31.5 Å². The van der Waals surface area contributed by atoms with Crippen LogP contribution in [0.2, 0.25) is 0 Å². The van der Waals surface area contributed by atoms with Gasteiger partial charge in [-0.05, 0) is 12.8 Å². The predicted octanol–water partition coefficient (Wildman–Crippen LogP) is 0.626. The van der Waals surface area contributed by atoms with Gasteiger partial charge in [-0.2, -0.15) is 4.98 Å². The number of rotatable bonds is 5. The van der Waals surface area contributed by atoms with Crippen molar-refractivity contribution in [2.45, 2.75) is 44.9 Å². The van der Waals surface area contributed by atoms with E-state index in [0.29, 0.717) is 37.9 Å². The van der Waals surface area contributed by atoms with Crippen molar-refractivity contribution in [3.8, 4) is 0 Å². The van der Waals surface area contributed by atoms with Gasteiger partial charge in [0.1, 0.15) is 6.10 Å². The molecule has 3 heterocycles. The molecule has 0 aliphatic carbocycles. The normalized spacial score (nSPS) is 23.8. The van der Waals surface area contributed by atoms with Gasteiger partial charge in [-0.25, -0.2) is 0 Å². The summed E-state index contributed by atoms with van der Waals surface area (Å²) in [6.45, 7) is 6.20. The Morgan fingerprint density at radius 1 is 1.24 bits per heavy atom. The molecule has 0 bridgehead atoms. The summed E-state index contributed by atoms with van der Waals surface area (Å²) >= 11 is 0. The van der Waals surface area contributed by atoms with Gasteiger partial charge in [-0.3, -0.25) is 9.69 Å². The highest BCUT2D eigenvalue weighted by Gasteiger charge is 2.34. The van der Waals surface area contributed by atoms with Crippen molar-refractivity contribution in [1.29, 1.82) is 0 Å². The van der Waals surface area contributed by atoms with Crippen molar-refractivity contribution in [1.82, 2.24) is 19.9 Å². The molecule has 3 rings (SSSR count). The quantitative estimate of drug-likeness (QED) is 0.780. The van der Waals surface area contributed by atoms with Crippen molar-refractivity contribution in [3.05, 3.63) is 11.7 Å². The Morgan fingerprint density at radius 3 is 2.52 bits per heavy atom. The lowest BCUT2D eigenvalue weighted by molar-refractivity contribution is -0.144. The van der Waals surface area contributed by atoms with E-state index in [1.165, 1.54) is 0 Å². The van der Waals surface area contributed by atoms with Crippen LogP contribution in [-0.4, -0.2) is 70.8 Å². The van der Waals surface area contributed by atoms with Gasteiger partial charge in [-0.15, -0.1) is 24.8 Å². The number of carbonyl (C=O) groups is 1. The predicted molar refractivity (Wildman–Crippen MR) is 97.0 cm³/mol. The maximum atomic E-state index is 12.5. The fraction of sp³-hybridized carbons (Fsp3) is 0.800. The maximum absolute atomic E-state index is 12.5. The molecule has 1 aromatic heterocycles. The zero-order valence-corrected chi connectivity index (χ0v) is 16.1. The topological polar surface area (TPSA) is 97.7 Å². The summed E-state index contributed by atoms with van der Waals surface area (Å²) < 4.78 is 10.8. The van der Waals surface area contributed by atoms with Gasteiger partial charge in [0, 0.05) is 39.1 Å². The van der Waals surface area contributed by atoms with E-state index in [-0.39, 0.29) is 42.9 Å². The van der Waals surface area contributed by atoms with E-state index in [2.05, 4.69) is 15.0 Å². The average molecular weight is 396 g/mol. The molecule has 0 spiro atoms. The molecule has 0 unspecified atom stereocenters. The van der Waals surface area contributed by atoms with E-state index < -0.39 is 0 Å². The minimum absolute atomic E-state index is 0. The molecule has 0 aromatic carbocycles. The molecule has 2 aliphatic rings. The van der Waals surface area contributed by atoms with E-state index >= 15 is 0 Å². The number of hydrogen-bond acceptors (Lipinski definition) is 7. The number of halogens is 2. The van der Waals surface area contributed by atoms with Crippen LogP contribution in [0.4, 0.5) is 0 Å². The first kappa shape index (κ1) is 22.1. The minimum Gasteiger partial charge on any atom is -0.364 e. The van der Waals surface area contributed by atoms with E-state index in [1.807, 2.05) is 11.8 Å². The molecule has 144 valence electrons. The van der Waals surface area contributed by atoms with Crippen LogP contribution >= 0.6 is 24.8 Å². The van der Waals surface area contributed by atoms with Crippen LogP contribution < -0.4 is 5.73 Å². The SMILES string of the molecule is CCc1nc(CN2CCN(C(=O)[C@@H]3CC[C@H](CN)O3)CC2)no1.Cl.Cl. The number of amides is 1. The lowest BCUT2D eigenvalue weighted by atomic mass is 10.1. The van der Waals surface area contributed by atoms with E-state index in [0.717, 1.165) is 32.4 Å². The van der Waals surface area contributed by atoms with Crippen molar-refractivity contribution < 1.29 is 14.1 Å². The van der Waals surface area contributed by atoms with Gasteiger partial charge >= 0.3 is 0 Å². The highest BCUT2D eigenvalue weighted by molar-refractivity contribution is 5.85. The number of nitrogens with zero attached hydrogens (tertiary/aromatic N) is 4. The van der Waals surface area contributed by atoms with E-state index in [9.17, 15) is 4.79 Å². The Kier molecular flexibility index (Phi) is 9.09. The van der Waals surface area contributed by atoms with Gasteiger partial charge in [-0.1, -0.05) is 12.1 Å². The first-order valence-corrected chi connectivity index (χ1v) is 8.37. The monoisotopic (exact) mass is 395 g/mol. The van der Waals surface area contributed by atoms with Gasteiger partial charge in [0.15, 0.2) is 5.82 Å². The smallest absolute Gasteiger partial charge is 0.251 e.